The topological polar surface area (TPSA) is 119 Å². The average molecular weight is 380 g/mol. The van der Waals surface area contributed by atoms with Crippen molar-refractivity contribution in [2.75, 3.05) is 19.6 Å². The molecule has 9 nitrogen and oxygen atoms in total. The monoisotopic (exact) mass is 380 g/mol. The zero-order chi connectivity index (χ0) is 19.6. The number of hydrogen-bond donors (Lipinski definition) is 3. The molecular formula is C18H28N4O5. The highest BCUT2D eigenvalue weighted by Gasteiger charge is 2.40. The maximum atomic E-state index is 12.7. The summed E-state index contributed by atoms with van der Waals surface area (Å²) < 4.78 is 0. The number of nitrogens with one attached hydrogen (secondary N) is 2. The van der Waals surface area contributed by atoms with E-state index >= 15 is 0 Å². The number of carboxylic acid groups (broad SMARTS) is 1. The summed E-state index contributed by atoms with van der Waals surface area (Å²) >= 11 is 0. The third-order valence-electron chi connectivity index (χ3n) is 5.75. The maximum Gasteiger partial charge on any atom is 0.326 e. The summed E-state index contributed by atoms with van der Waals surface area (Å²) in [5.74, 6) is -1.79. The largest absolute Gasteiger partial charge is 0.480 e. The molecule has 3 saturated heterocycles. The predicted octanol–water partition coefficient (Wildman–Crippen LogP) is -0.690. The van der Waals surface area contributed by atoms with Gasteiger partial charge in [0, 0.05) is 13.1 Å². The summed E-state index contributed by atoms with van der Waals surface area (Å²) in [6.07, 6.45) is 4.14. The van der Waals surface area contributed by atoms with Crippen molar-refractivity contribution in [1.29, 1.82) is 0 Å². The zero-order valence-electron chi connectivity index (χ0n) is 15.6. The number of nitrogens with zero attached hydrogens (tertiary/aromatic N) is 2. The standard InChI is InChI=1S/C18H28N4O5/c1-11(16(24)22-10-4-7-14(22)18(26)27)20-15(23)13-6-3-9-21(13)17(25)12-5-2-8-19-12/h11-14,19H,2-10H2,1H3,(H,20,23)(H,26,27)/t11-,12-,13-,14-/m0/s1. The van der Waals surface area contributed by atoms with Gasteiger partial charge in [-0.1, -0.05) is 0 Å². The molecule has 0 bridgehead atoms. The van der Waals surface area contributed by atoms with Crippen LogP contribution in [0.2, 0.25) is 0 Å². The predicted molar refractivity (Wildman–Crippen MR) is 95.7 cm³/mol. The highest BCUT2D eigenvalue weighted by atomic mass is 16.4. The van der Waals surface area contributed by atoms with Gasteiger partial charge < -0.3 is 25.5 Å². The van der Waals surface area contributed by atoms with Crippen LogP contribution in [0.1, 0.15) is 45.4 Å². The lowest BCUT2D eigenvalue weighted by molar-refractivity contribution is -0.149. The molecule has 0 aliphatic carbocycles. The van der Waals surface area contributed by atoms with Crippen LogP contribution in [0, 0.1) is 0 Å². The van der Waals surface area contributed by atoms with E-state index in [1.807, 2.05) is 0 Å². The molecule has 3 fully saturated rings. The van der Waals surface area contributed by atoms with Crippen LogP contribution in [0.5, 0.6) is 0 Å². The van der Waals surface area contributed by atoms with Crippen molar-refractivity contribution in [3.8, 4) is 0 Å². The zero-order valence-corrected chi connectivity index (χ0v) is 15.6. The van der Waals surface area contributed by atoms with Gasteiger partial charge in [-0.3, -0.25) is 14.4 Å². The molecule has 3 N–H and O–H groups in total. The first-order valence-electron chi connectivity index (χ1n) is 9.77. The molecule has 3 aliphatic heterocycles. The third-order valence-corrected chi connectivity index (χ3v) is 5.75. The van der Waals surface area contributed by atoms with E-state index in [0.717, 1.165) is 25.8 Å². The summed E-state index contributed by atoms with van der Waals surface area (Å²) in [5.41, 5.74) is 0. The van der Waals surface area contributed by atoms with E-state index in [0.29, 0.717) is 32.4 Å². The van der Waals surface area contributed by atoms with Crippen LogP contribution in [0.15, 0.2) is 0 Å². The minimum atomic E-state index is -1.02. The van der Waals surface area contributed by atoms with Crippen LogP contribution in [0.4, 0.5) is 0 Å². The Balaban J connectivity index is 1.59. The van der Waals surface area contributed by atoms with Crippen molar-refractivity contribution < 1.29 is 24.3 Å². The molecule has 0 saturated carbocycles. The molecule has 4 atom stereocenters. The van der Waals surface area contributed by atoms with E-state index in [9.17, 15) is 24.3 Å². The Labute approximate surface area is 158 Å². The first kappa shape index (κ1) is 19.6. The summed E-state index contributed by atoms with van der Waals surface area (Å²) in [5, 5.41) is 15.1. The van der Waals surface area contributed by atoms with Crippen molar-refractivity contribution in [2.45, 2.75) is 69.6 Å². The number of carbonyl (C=O) groups is 4. The molecule has 3 heterocycles. The minimum Gasteiger partial charge on any atom is -0.480 e. The van der Waals surface area contributed by atoms with E-state index in [1.165, 1.54) is 4.90 Å². The smallest absolute Gasteiger partial charge is 0.326 e. The Morgan fingerprint density at radius 2 is 1.67 bits per heavy atom. The van der Waals surface area contributed by atoms with E-state index in [-0.39, 0.29) is 23.8 Å². The molecule has 0 unspecified atom stereocenters. The SMILES string of the molecule is C[C@H](NC(=O)[C@@H]1CCCN1C(=O)[C@@H]1CCCN1)C(=O)N1CCC[C@H]1C(=O)O. The number of carbonyl (C=O) groups excluding carboxylic acids is 3. The molecule has 0 aromatic carbocycles. The van der Waals surface area contributed by atoms with Gasteiger partial charge in [0.25, 0.3) is 0 Å². The number of likely N-dealkylation sites (tertiary alicyclic amines) is 2. The number of amides is 3. The van der Waals surface area contributed by atoms with Crippen LogP contribution >= 0.6 is 0 Å². The van der Waals surface area contributed by atoms with Gasteiger partial charge in [0.1, 0.15) is 18.1 Å². The normalized spacial score (nSPS) is 29.0. The van der Waals surface area contributed by atoms with Crippen LogP contribution in [-0.2, 0) is 19.2 Å². The van der Waals surface area contributed by atoms with Gasteiger partial charge in [-0.05, 0) is 52.0 Å². The molecule has 0 spiro atoms. The van der Waals surface area contributed by atoms with Crippen LogP contribution in [-0.4, -0.2) is 82.4 Å². The Kier molecular flexibility index (Phi) is 5.98. The minimum absolute atomic E-state index is 0.0467. The molecule has 0 aromatic rings. The van der Waals surface area contributed by atoms with E-state index in [1.54, 1.807) is 11.8 Å². The van der Waals surface area contributed by atoms with Gasteiger partial charge in [-0.2, -0.15) is 0 Å². The second-order valence-electron chi connectivity index (χ2n) is 7.60. The summed E-state index contributed by atoms with van der Waals surface area (Å²) in [6, 6.07) is -2.43. The first-order chi connectivity index (χ1) is 12.9. The van der Waals surface area contributed by atoms with Crippen LogP contribution < -0.4 is 10.6 Å². The highest BCUT2D eigenvalue weighted by Crippen LogP contribution is 2.22. The summed E-state index contributed by atoms with van der Waals surface area (Å²) in [7, 11) is 0. The lowest BCUT2D eigenvalue weighted by Gasteiger charge is -2.29. The number of hydrogen-bond acceptors (Lipinski definition) is 5. The average Bonchev–Trinajstić information content (AvgIpc) is 3.41. The fraction of sp³-hybridized carbons (Fsp3) is 0.778. The highest BCUT2D eigenvalue weighted by molar-refractivity contribution is 5.94. The third kappa shape index (κ3) is 4.07. The Morgan fingerprint density at radius 1 is 1.00 bits per heavy atom. The molecule has 9 heteroatoms. The number of aliphatic carboxylic acids is 1. The van der Waals surface area contributed by atoms with Crippen molar-refractivity contribution in [1.82, 2.24) is 20.4 Å². The summed E-state index contributed by atoms with van der Waals surface area (Å²) in [6.45, 7) is 3.31. The van der Waals surface area contributed by atoms with Crippen LogP contribution in [0.3, 0.4) is 0 Å². The molecule has 3 rings (SSSR count). The molecular weight excluding hydrogens is 352 g/mol. The molecule has 3 aliphatic rings. The van der Waals surface area contributed by atoms with Crippen molar-refractivity contribution >= 4 is 23.7 Å². The Bertz CT molecular complexity index is 619. The van der Waals surface area contributed by atoms with Gasteiger partial charge in [-0.25, -0.2) is 4.79 Å². The lowest BCUT2D eigenvalue weighted by Crippen LogP contribution is -2.55. The Morgan fingerprint density at radius 3 is 2.30 bits per heavy atom. The first-order valence-corrected chi connectivity index (χ1v) is 9.77. The molecule has 27 heavy (non-hydrogen) atoms. The Hall–Kier alpha value is -2.16. The fourth-order valence-electron chi connectivity index (χ4n) is 4.31. The van der Waals surface area contributed by atoms with Gasteiger partial charge >= 0.3 is 5.97 Å². The van der Waals surface area contributed by atoms with Crippen LogP contribution in [0.25, 0.3) is 0 Å². The van der Waals surface area contributed by atoms with Crippen molar-refractivity contribution in [2.24, 2.45) is 0 Å². The van der Waals surface area contributed by atoms with Gasteiger partial charge in [0.2, 0.25) is 17.7 Å². The molecule has 0 radical (unpaired) electrons. The second-order valence-corrected chi connectivity index (χ2v) is 7.60. The van der Waals surface area contributed by atoms with E-state index in [4.69, 9.17) is 0 Å². The molecule has 150 valence electrons. The van der Waals surface area contributed by atoms with Crippen molar-refractivity contribution in [3.63, 3.8) is 0 Å². The fourth-order valence-corrected chi connectivity index (χ4v) is 4.31. The molecule has 0 aromatic heterocycles. The van der Waals surface area contributed by atoms with E-state index in [2.05, 4.69) is 10.6 Å². The van der Waals surface area contributed by atoms with E-state index < -0.39 is 24.1 Å². The number of carboxylic acids is 1. The molecule has 3 amide bonds. The maximum absolute atomic E-state index is 12.7. The second kappa shape index (κ2) is 8.24. The quantitative estimate of drug-likeness (QED) is 0.581. The lowest BCUT2D eigenvalue weighted by atomic mass is 10.1. The summed E-state index contributed by atoms with van der Waals surface area (Å²) in [4.78, 5) is 52.2. The van der Waals surface area contributed by atoms with Gasteiger partial charge in [-0.15, -0.1) is 0 Å². The van der Waals surface area contributed by atoms with Crippen molar-refractivity contribution in [3.05, 3.63) is 0 Å². The van der Waals surface area contributed by atoms with Gasteiger partial charge in [0.15, 0.2) is 0 Å². The number of rotatable bonds is 5. The van der Waals surface area contributed by atoms with Gasteiger partial charge in [0.05, 0.1) is 6.04 Å².